The molecular weight excluding hydrogens is 390 g/mol. The van der Waals surface area contributed by atoms with Crippen LogP contribution in [-0.2, 0) is 4.74 Å². The number of carbonyl (C=O) groups excluding carboxylic acids is 1. The first-order chi connectivity index (χ1) is 15.2. The van der Waals surface area contributed by atoms with Gasteiger partial charge >= 0.3 is 5.97 Å². The lowest BCUT2D eigenvalue weighted by Gasteiger charge is -2.36. The summed E-state index contributed by atoms with van der Waals surface area (Å²) in [5.41, 5.74) is 1.70. The summed E-state index contributed by atoms with van der Waals surface area (Å²) in [6.07, 6.45) is 9.25. The van der Waals surface area contributed by atoms with Crippen LogP contribution >= 0.6 is 0 Å². The molecule has 1 fully saturated rings. The van der Waals surface area contributed by atoms with Gasteiger partial charge < -0.3 is 19.3 Å². The maximum atomic E-state index is 11.6. The van der Waals surface area contributed by atoms with E-state index in [2.05, 4.69) is 46.0 Å². The van der Waals surface area contributed by atoms with E-state index in [1.165, 1.54) is 44.9 Å². The zero-order valence-corrected chi connectivity index (χ0v) is 18.9. The Bertz CT molecular complexity index is 785. The SMILES string of the molecule is CCCCCCCCOc1ccc(N2CCN(c3ccc(C(=O)OC)cn3)CC2)cc1. The highest BCUT2D eigenvalue weighted by molar-refractivity contribution is 5.89. The molecule has 0 saturated carbocycles. The first-order valence-electron chi connectivity index (χ1n) is 11.5. The first kappa shape index (κ1) is 22.9. The number of nitrogens with zero attached hydrogens (tertiary/aromatic N) is 3. The average molecular weight is 426 g/mol. The van der Waals surface area contributed by atoms with Gasteiger partial charge in [-0.15, -0.1) is 0 Å². The monoisotopic (exact) mass is 425 g/mol. The number of esters is 1. The Kier molecular flexibility index (Phi) is 9.00. The molecule has 0 N–H and O–H groups in total. The molecule has 2 heterocycles. The van der Waals surface area contributed by atoms with E-state index in [1.54, 1.807) is 12.3 Å². The molecule has 1 saturated heterocycles. The molecule has 0 bridgehead atoms. The number of piperazine rings is 1. The lowest BCUT2D eigenvalue weighted by molar-refractivity contribution is 0.0600. The number of pyridine rings is 1. The summed E-state index contributed by atoms with van der Waals surface area (Å²) >= 11 is 0. The predicted molar refractivity (Wildman–Crippen MR) is 125 cm³/mol. The number of ether oxygens (including phenoxy) is 2. The van der Waals surface area contributed by atoms with Gasteiger partial charge in [0.1, 0.15) is 11.6 Å². The van der Waals surface area contributed by atoms with Gasteiger partial charge in [-0.05, 0) is 42.8 Å². The third-order valence-corrected chi connectivity index (χ3v) is 5.74. The second-order valence-corrected chi connectivity index (χ2v) is 7.98. The van der Waals surface area contributed by atoms with Crippen molar-refractivity contribution in [2.45, 2.75) is 45.4 Å². The molecule has 6 heteroatoms. The van der Waals surface area contributed by atoms with Gasteiger partial charge in [-0.1, -0.05) is 39.0 Å². The average Bonchev–Trinajstić information content (AvgIpc) is 2.83. The van der Waals surface area contributed by atoms with Crippen molar-refractivity contribution < 1.29 is 14.3 Å². The first-order valence-corrected chi connectivity index (χ1v) is 11.5. The van der Waals surface area contributed by atoms with Gasteiger partial charge in [-0.2, -0.15) is 0 Å². The Morgan fingerprint density at radius 2 is 1.58 bits per heavy atom. The van der Waals surface area contributed by atoms with Crippen LogP contribution in [0.1, 0.15) is 55.8 Å². The molecule has 0 radical (unpaired) electrons. The maximum absolute atomic E-state index is 11.6. The minimum Gasteiger partial charge on any atom is -0.494 e. The molecule has 1 aliphatic heterocycles. The van der Waals surface area contributed by atoms with Crippen LogP contribution in [0.4, 0.5) is 11.5 Å². The Morgan fingerprint density at radius 1 is 0.903 bits per heavy atom. The van der Waals surface area contributed by atoms with Crippen molar-refractivity contribution >= 4 is 17.5 Å². The molecule has 168 valence electrons. The third kappa shape index (κ3) is 6.88. The summed E-state index contributed by atoms with van der Waals surface area (Å²) in [7, 11) is 1.38. The zero-order chi connectivity index (χ0) is 21.9. The Morgan fingerprint density at radius 3 is 2.23 bits per heavy atom. The van der Waals surface area contributed by atoms with Gasteiger partial charge in [-0.3, -0.25) is 0 Å². The number of hydrogen-bond acceptors (Lipinski definition) is 6. The normalized spacial score (nSPS) is 13.9. The van der Waals surface area contributed by atoms with Gasteiger partial charge in [0.05, 0.1) is 19.3 Å². The second kappa shape index (κ2) is 12.2. The van der Waals surface area contributed by atoms with E-state index in [1.807, 2.05) is 6.07 Å². The lowest BCUT2D eigenvalue weighted by Crippen LogP contribution is -2.46. The number of aromatic nitrogens is 1. The zero-order valence-electron chi connectivity index (χ0n) is 18.9. The number of hydrogen-bond donors (Lipinski definition) is 0. The molecule has 2 aromatic rings. The maximum Gasteiger partial charge on any atom is 0.339 e. The van der Waals surface area contributed by atoms with E-state index in [0.29, 0.717) is 5.56 Å². The van der Waals surface area contributed by atoms with Crippen molar-refractivity contribution in [2.24, 2.45) is 0 Å². The van der Waals surface area contributed by atoms with E-state index in [0.717, 1.165) is 50.8 Å². The van der Waals surface area contributed by atoms with Crippen molar-refractivity contribution in [1.82, 2.24) is 4.98 Å². The molecule has 0 spiro atoms. The Labute approximate surface area is 186 Å². The van der Waals surface area contributed by atoms with Crippen LogP contribution in [0.5, 0.6) is 5.75 Å². The smallest absolute Gasteiger partial charge is 0.339 e. The minimum absolute atomic E-state index is 0.358. The fourth-order valence-corrected chi connectivity index (χ4v) is 3.83. The van der Waals surface area contributed by atoms with Gasteiger partial charge in [0, 0.05) is 38.1 Å². The molecule has 0 aliphatic carbocycles. The van der Waals surface area contributed by atoms with Gasteiger partial charge in [0.25, 0.3) is 0 Å². The number of anilines is 2. The number of rotatable bonds is 11. The molecular formula is C25H35N3O3. The van der Waals surface area contributed by atoms with E-state index >= 15 is 0 Å². The van der Waals surface area contributed by atoms with E-state index in [9.17, 15) is 4.79 Å². The molecule has 3 rings (SSSR count). The highest BCUT2D eigenvalue weighted by atomic mass is 16.5. The van der Waals surface area contributed by atoms with Gasteiger partial charge in [-0.25, -0.2) is 9.78 Å². The van der Waals surface area contributed by atoms with E-state index in [4.69, 9.17) is 9.47 Å². The molecule has 0 atom stereocenters. The van der Waals surface area contributed by atoms with Crippen molar-refractivity contribution in [2.75, 3.05) is 49.7 Å². The lowest BCUT2D eigenvalue weighted by atomic mass is 10.1. The van der Waals surface area contributed by atoms with Gasteiger partial charge in [0.2, 0.25) is 0 Å². The summed E-state index contributed by atoms with van der Waals surface area (Å²) in [5.74, 6) is 1.49. The molecule has 1 aromatic carbocycles. The van der Waals surface area contributed by atoms with Crippen LogP contribution < -0.4 is 14.5 Å². The van der Waals surface area contributed by atoms with Crippen LogP contribution in [-0.4, -0.2) is 50.8 Å². The highest BCUT2D eigenvalue weighted by Crippen LogP contribution is 2.22. The highest BCUT2D eigenvalue weighted by Gasteiger charge is 2.19. The summed E-state index contributed by atoms with van der Waals surface area (Å²) in [4.78, 5) is 20.6. The van der Waals surface area contributed by atoms with Crippen molar-refractivity contribution in [3.8, 4) is 5.75 Å². The predicted octanol–water partition coefficient (Wildman–Crippen LogP) is 4.93. The number of methoxy groups -OCH3 is 1. The topological polar surface area (TPSA) is 54.9 Å². The van der Waals surface area contributed by atoms with Crippen molar-refractivity contribution in [3.63, 3.8) is 0 Å². The molecule has 0 amide bonds. The summed E-state index contributed by atoms with van der Waals surface area (Å²) in [5, 5.41) is 0. The number of benzene rings is 1. The quantitative estimate of drug-likeness (QED) is 0.376. The summed E-state index contributed by atoms with van der Waals surface area (Å²) < 4.78 is 10.6. The molecule has 1 aliphatic rings. The van der Waals surface area contributed by atoms with Crippen LogP contribution in [0, 0.1) is 0 Å². The number of carbonyl (C=O) groups is 1. The van der Waals surface area contributed by atoms with E-state index in [-0.39, 0.29) is 5.97 Å². The fraction of sp³-hybridized carbons (Fsp3) is 0.520. The molecule has 0 unspecified atom stereocenters. The molecule has 1 aromatic heterocycles. The largest absolute Gasteiger partial charge is 0.494 e. The van der Waals surface area contributed by atoms with Crippen LogP contribution in [0.3, 0.4) is 0 Å². The molecule has 6 nitrogen and oxygen atoms in total. The number of unbranched alkanes of at least 4 members (excludes halogenated alkanes) is 5. The minimum atomic E-state index is -0.358. The van der Waals surface area contributed by atoms with Crippen molar-refractivity contribution in [3.05, 3.63) is 48.2 Å². The Hall–Kier alpha value is -2.76. The van der Waals surface area contributed by atoms with Crippen molar-refractivity contribution in [1.29, 1.82) is 0 Å². The molecule has 31 heavy (non-hydrogen) atoms. The summed E-state index contributed by atoms with van der Waals surface area (Å²) in [6.45, 7) is 6.68. The van der Waals surface area contributed by atoms with Crippen LogP contribution in [0.2, 0.25) is 0 Å². The van der Waals surface area contributed by atoms with Crippen LogP contribution in [0.15, 0.2) is 42.6 Å². The van der Waals surface area contributed by atoms with Gasteiger partial charge in [0.15, 0.2) is 0 Å². The summed E-state index contributed by atoms with van der Waals surface area (Å²) in [6, 6.07) is 12.1. The second-order valence-electron chi connectivity index (χ2n) is 7.98. The van der Waals surface area contributed by atoms with Crippen LogP contribution in [0.25, 0.3) is 0 Å². The third-order valence-electron chi connectivity index (χ3n) is 5.74. The Balaban J connectivity index is 1.41. The fourth-order valence-electron chi connectivity index (χ4n) is 3.83. The van der Waals surface area contributed by atoms with E-state index < -0.39 is 0 Å². The standard InChI is InChI=1S/C25H35N3O3/c1-3-4-5-6-7-8-19-31-23-12-10-22(11-13-23)27-15-17-28(18-16-27)24-14-9-21(20-26-24)25(29)30-2/h9-14,20H,3-8,15-19H2,1-2H3.